The molecule has 78 valence electrons. The molecule has 0 atom stereocenters. The van der Waals surface area contributed by atoms with E-state index in [0.717, 1.165) is 22.5 Å². The first-order valence-electron chi connectivity index (χ1n) is 5.01. The van der Waals surface area contributed by atoms with E-state index < -0.39 is 0 Å². The van der Waals surface area contributed by atoms with Crippen LogP contribution >= 0.6 is 0 Å². The molecule has 3 nitrogen and oxygen atoms in total. The summed E-state index contributed by atoms with van der Waals surface area (Å²) >= 11 is 0. The summed E-state index contributed by atoms with van der Waals surface area (Å²) in [5, 5.41) is 8.86. The number of aromatic nitrogens is 2. The Hall–Kier alpha value is -2.21. The second-order valence-corrected chi connectivity index (χ2v) is 3.75. The molecule has 0 spiro atoms. The van der Waals surface area contributed by atoms with Crippen LogP contribution in [-0.2, 0) is 0 Å². The lowest BCUT2D eigenvalue weighted by molar-refractivity contribution is 1.19. The molecule has 0 amide bonds. The van der Waals surface area contributed by atoms with Crippen molar-refractivity contribution in [3.05, 3.63) is 47.3 Å². The highest BCUT2D eigenvalue weighted by Crippen LogP contribution is 2.17. The molecule has 3 heteroatoms. The number of hydrogen-bond acceptors (Lipinski definition) is 3. The summed E-state index contributed by atoms with van der Waals surface area (Å²) in [7, 11) is 0. The Labute approximate surface area is 94.4 Å². The van der Waals surface area contributed by atoms with Crippen LogP contribution in [0.3, 0.4) is 0 Å². The van der Waals surface area contributed by atoms with Crippen molar-refractivity contribution < 1.29 is 0 Å². The lowest BCUT2D eigenvalue weighted by atomic mass is 10.1. The number of nitriles is 1. The molecule has 0 saturated carbocycles. The molecule has 2 rings (SSSR count). The van der Waals surface area contributed by atoms with E-state index in [0.29, 0.717) is 5.69 Å². The van der Waals surface area contributed by atoms with Gasteiger partial charge in [0, 0.05) is 6.20 Å². The molecule has 0 aliphatic heterocycles. The highest BCUT2D eigenvalue weighted by atomic mass is 14.8. The maximum Gasteiger partial charge on any atom is 0.141 e. The van der Waals surface area contributed by atoms with Crippen LogP contribution in [0.1, 0.15) is 16.8 Å². The third-order valence-electron chi connectivity index (χ3n) is 2.26. The quantitative estimate of drug-likeness (QED) is 0.725. The van der Waals surface area contributed by atoms with Crippen molar-refractivity contribution in [3.63, 3.8) is 0 Å². The van der Waals surface area contributed by atoms with Crippen molar-refractivity contribution in [2.75, 3.05) is 0 Å². The summed E-state index contributed by atoms with van der Waals surface area (Å²) in [5.41, 5.74) is 4.13. The summed E-state index contributed by atoms with van der Waals surface area (Å²) in [5.74, 6) is 0. The molecule has 16 heavy (non-hydrogen) atoms. The number of aryl methyl sites for hydroxylation is 2. The topological polar surface area (TPSA) is 49.6 Å². The van der Waals surface area contributed by atoms with Crippen LogP contribution in [0, 0.1) is 25.2 Å². The Kier molecular flexibility index (Phi) is 2.65. The van der Waals surface area contributed by atoms with Crippen LogP contribution in [0.25, 0.3) is 11.4 Å². The Morgan fingerprint density at radius 2 is 1.81 bits per heavy atom. The molecule has 0 fully saturated rings. The maximum absolute atomic E-state index is 8.86. The number of hydrogen-bond donors (Lipinski definition) is 0. The average Bonchev–Trinajstić information content (AvgIpc) is 2.28. The van der Waals surface area contributed by atoms with Gasteiger partial charge in [0.15, 0.2) is 0 Å². The summed E-state index contributed by atoms with van der Waals surface area (Å²) < 4.78 is 0. The van der Waals surface area contributed by atoms with Crippen LogP contribution in [0.2, 0.25) is 0 Å². The molecule has 0 aliphatic carbocycles. The van der Waals surface area contributed by atoms with Crippen LogP contribution in [0.5, 0.6) is 0 Å². The molecule has 0 bridgehead atoms. The lowest BCUT2D eigenvalue weighted by Gasteiger charge is -2.03. The van der Waals surface area contributed by atoms with Crippen molar-refractivity contribution >= 4 is 0 Å². The van der Waals surface area contributed by atoms with E-state index in [1.54, 1.807) is 12.3 Å². The summed E-state index contributed by atoms with van der Waals surface area (Å²) in [6, 6.07) is 9.65. The van der Waals surface area contributed by atoms with E-state index >= 15 is 0 Å². The van der Waals surface area contributed by atoms with Crippen molar-refractivity contribution in [1.29, 1.82) is 5.26 Å². The molecule has 0 aliphatic rings. The van der Waals surface area contributed by atoms with E-state index in [2.05, 4.69) is 16.0 Å². The van der Waals surface area contributed by atoms with Crippen LogP contribution in [-0.4, -0.2) is 9.97 Å². The van der Waals surface area contributed by atoms with E-state index in [4.69, 9.17) is 5.26 Å². The zero-order valence-electron chi connectivity index (χ0n) is 9.23. The molecule has 0 unspecified atom stereocenters. The maximum atomic E-state index is 8.86. The fourth-order valence-corrected chi connectivity index (χ4v) is 1.53. The Morgan fingerprint density at radius 1 is 1.06 bits per heavy atom. The van der Waals surface area contributed by atoms with E-state index in [1.807, 2.05) is 32.0 Å². The smallest absolute Gasteiger partial charge is 0.141 e. The SMILES string of the molecule is Cc1ccnc(-c2cc(C)cc(C#N)n2)c1. The third-order valence-corrected chi connectivity index (χ3v) is 2.26. The molecule has 0 N–H and O–H groups in total. The molecule has 2 aromatic heterocycles. The predicted octanol–water partition coefficient (Wildman–Crippen LogP) is 2.63. The molecule has 2 aromatic rings. The zero-order chi connectivity index (χ0) is 11.5. The molecular formula is C13H11N3. The van der Waals surface area contributed by atoms with Crippen molar-refractivity contribution in [3.8, 4) is 17.5 Å². The van der Waals surface area contributed by atoms with Gasteiger partial charge in [0.2, 0.25) is 0 Å². The summed E-state index contributed by atoms with van der Waals surface area (Å²) in [4.78, 5) is 8.49. The van der Waals surface area contributed by atoms with Gasteiger partial charge < -0.3 is 0 Å². The third kappa shape index (κ3) is 2.06. The monoisotopic (exact) mass is 209 g/mol. The van der Waals surface area contributed by atoms with Gasteiger partial charge in [0.05, 0.1) is 11.4 Å². The fraction of sp³-hybridized carbons (Fsp3) is 0.154. The summed E-state index contributed by atoms with van der Waals surface area (Å²) in [6.45, 7) is 3.95. The van der Waals surface area contributed by atoms with Crippen molar-refractivity contribution in [1.82, 2.24) is 9.97 Å². The highest BCUT2D eigenvalue weighted by molar-refractivity contribution is 5.56. The fourth-order valence-electron chi connectivity index (χ4n) is 1.53. The van der Waals surface area contributed by atoms with Crippen molar-refractivity contribution in [2.45, 2.75) is 13.8 Å². The zero-order valence-corrected chi connectivity index (χ0v) is 9.23. The van der Waals surface area contributed by atoms with E-state index in [-0.39, 0.29) is 0 Å². The Balaban J connectivity index is 2.56. The number of nitrogens with zero attached hydrogens (tertiary/aromatic N) is 3. The van der Waals surface area contributed by atoms with Crippen molar-refractivity contribution in [2.24, 2.45) is 0 Å². The van der Waals surface area contributed by atoms with Gasteiger partial charge in [0.1, 0.15) is 11.8 Å². The van der Waals surface area contributed by atoms with Crippen LogP contribution < -0.4 is 0 Å². The first-order valence-corrected chi connectivity index (χ1v) is 5.01. The van der Waals surface area contributed by atoms with Gasteiger partial charge in [-0.2, -0.15) is 5.26 Å². The number of pyridine rings is 2. The second-order valence-electron chi connectivity index (χ2n) is 3.75. The normalized spacial score (nSPS) is 9.81. The van der Waals surface area contributed by atoms with Gasteiger partial charge in [-0.1, -0.05) is 0 Å². The average molecular weight is 209 g/mol. The van der Waals surface area contributed by atoms with E-state index in [9.17, 15) is 0 Å². The molecular weight excluding hydrogens is 198 g/mol. The molecule has 0 aromatic carbocycles. The van der Waals surface area contributed by atoms with Gasteiger partial charge in [-0.25, -0.2) is 4.98 Å². The van der Waals surface area contributed by atoms with Gasteiger partial charge in [-0.3, -0.25) is 4.98 Å². The minimum absolute atomic E-state index is 0.429. The van der Waals surface area contributed by atoms with Gasteiger partial charge in [0.25, 0.3) is 0 Å². The predicted molar refractivity (Wildman–Crippen MR) is 61.7 cm³/mol. The minimum Gasteiger partial charge on any atom is -0.255 e. The highest BCUT2D eigenvalue weighted by Gasteiger charge is 2.04. The van der Waals surface area contributed by atoms with Crippen LogP contribution in [0.15, 0.2) is 30.5 Å². The van der Waals surface area contributed by atoms with E-state index in [1.165, 1.54) is 0 Å². The van der Waals surface area contributed by atoms with Gasteiger partial charge in [-0.05, 0) is 49.2 Å². The Bertz CT molecular complexity index is 568. The molecule has 0 saturated heterocycles. The first-order chi connectivity index (χ1) is 7.69. The Morgan fingerprint density at radius 3 is 2.50 bits per heavy atom. The largest absolute Gasteiger partial charge is 0.255 e. The lowest BCUT2D eigenvalue weighted by Crippen LogP contribution is -1.92. The molecule has 2 heterocycles. The minimum atomic E-state index is 0.429. The first kappa shape index (κ1) is 10.3. The molecule has 0 radical (unpaired) electrons. The number of rotatable bonds is 1. The van der Waals surface area contributed by atoms with Crippen LogP contribution in [0.4, 0.5) is 0 Å². The summed E-state index contributed by atoms with van der Waals surface area (Å²) in [6.07, 6.45) is 1.75. The van der Waals surface area contributed by atoms with Gasteiger partial charge in [-0.15, -0.1) is 0 Å². The van der Waals surface area contributed by atoms with Gasteiger partial charge >= 0.3 is 0 Å². The standard InChI is InChI=1S/C13H11N3/c1-9-3-4-15-12(6-9)13-7-10(2)5-11(8-14)16-13/h3-7H,1-2H3. The second kappa shape index (κ2) is 4.11.